The number of hydrogen-bond donors (Lipinski definition) is 1. The van der Waals surface area contributed by atoms with Crippen molar-refractivity contribution in [2.75, 3.05) is 25.1 Å². The zero-order valence-electron chi connectivity index (χ0n) is 18.2. The summed E-state index contributed by atoms with van der Waals surface area (Å²) in [6, 6.07) is 13.6. The lowest BCUT2D eigenvalue weighted by Gasteiger charge is -2.18. The van der Waals surface area contributed by atoms with E-state index in [1.165, 1.54) is 6.20 Å². The van der Waals surface area contributed by atoms with Crippen LogP contribution in [-0.2, 0) is 15.1 Å². The summed E-state index contributed by atoms with van der Waals surface area (Å²) in [5.41, 5.74) is 2.69. The van der Waals surface area contributed by atoms with Gasteiger partial charge < -0.3 is 15.0 Å². The van der Waals surface area contributed by atoms with E-state index in [9.17, 15) is 10.1 Å². The molecule has 1 heterocycles. The SMILES string of the molecule is C=CNC(=O)COC1(c2ccc(C)cc2C#N)CC1.CCN(C)c1ccc(C#N)cn1. The average molecular weight is 418 g/mol. The number of amides is 1. The number of nitrogens with one attached hydrogen (secondary N) is 1. The van der Waals surface area contributed by atoms with Crippen LogP contribution in [0, 0.1) is 29.6 Å². The van der Waals surface area contributed by atoms with Gasteiger partial charge in [-0.2, -0.15) is 10.5 Å². The standard InChI is InChI=1S/C15H16N2O2.C9H11N3/c1-3-17-14(18)10-19-15(6-7-15)13-5-4-11(2)8-12(13)9-16;1-3-12(2)9-5-4-8(6-10)7-11-9/h3-5,8H,1,6-7,10H2,2H3,(H,17,18);4-5,7H,3H2,1-2H3. The van der Waals surface area contributed by atoms with Crippen LogP contribution in [0.1, 0.15) is 42.0 Å². The summed E-state index contributed by atoms with van der Waals surface area (Å²) in [7, 11) is 1.97. The molecule has 0 radical (unpaired) electrons. The first kappa shape index (κ1) is 23.6. The van der Waals surface area contributed by atoms with Crippen molar-refractivity contribution in [1.82, 2.24) is 10.3 Å². The summed E-state index contributed by atoms with van der Waals surface area (Å²) in [6.07, 6.45) is 4.59. The molecule has 0 unspecified atom stereocenters. The smallest absolute Gasteiger partial charge is 0.249 e. The third-order valence-corrected chi connectivity index (χ3v) is 4.98. The molecular formula is C24H27N5O2. The fourth-order valence-corrected chi connectivity index (χ4v) is 2.95. The maximum Gasteiger partial charge on any atom is 0.249 e. The van der Waals surface area contributed by atoms with Gasteiger partial charge in [-0.25, -0.2) is 4.98 Å². The van der Waals surface area contributed by atoms with Gasteiger partial charge in [-0.1, -0.05) is 18.7 Å². The summed E-state index contributed by atoms with van der Waals surface area (Å²) < 4.78 is 5.71. The van der Waals surface area contributed by atoms with Crippen molar-refractivity contribution in [3.63, 3.8) is 0 Å². The van der Waals surface area contributed by atoms with Gasteiger partial charge in [0.15, 0.2) is 0 Å². The molecule has 0 aliphatic heterocycles. The van der Waals surface area contributed by atoms with E-state index in [0.29, 0.717) is 11.1 Å². The molecule has 7 heteroatoms. The number of anilines is 1. The Bertz CT molecular complexity index is 998. The lowest BCUT2D eigenvalue weighted by molar-refractivity contribution is -0.127. The summed E-state index contributed by atoms with van der Waals surface area (Å²) in [5.74, 6) is 0.670. The largest absolute Gasteiger partial charge is 0.360 e. The van der Waals surface area contributed by atoms with Crippen LogP contribution in [-0.4, -0.2) is 31.1 Å². The molecule has 1 aliphatic rings. The second kappa shape index (κ2) is 10.9. The molecular weight excluding hydrogens is 390 g/mol. The molecule has 1 N–H and O–H groups in total. The minimum atomic E-state index is -0.461. The number of carbonyl (C=O) groups excluding carboxylic acids is 1. The van der Waals surface area contributed by atoms with Crippen molar-refractivity contribution in [1.29, 1.82) is 10.5 Å². The number of pyridine rings is 1. The molecule has 0 saturated heterocycles. The molecule has 0 atom stereocenters. The number of benzene rings is 1. The Morgan fingerprint density at radius 2 is 2.06 bits per heavy atom. The number of nitriles is 2. The Morgan fingerprint density at radius 3 is 2.58 bits per heavy atom. The van der Waals surface area contributed by atoms with Gasteiger partial charge in [0.1, 0.15) is 18.5 Å². The highest BCUT2D eigenvalue weighted by atomic mass is 16.5. The second-order valence-electron chi connectivity index (χ2n) is 7.25. The predicted octanol–water partition coefficient (Wildman–Crippen LogP) is 3.54. The highest BCUT2D eigenvalue weighted by Gasteiger charge is 2.47. The molecule has 1 amide bonds. The first-order chi connectivity index (χ1) is 14.9. The zero-order valence-corrected chi connectivity index (χ0v) is 18.2. The lowest BCUT2D eigenvalue weighted by Crippen LogP contribution is -2.26. The first-order valence-corrected chi connectivity index (χ1v) is 10.0. The number of rotatable bonds is 7. The molecule has 31 heavy (non-hydrogen) atoms. The van der Waals surface area contributed by atoms with Crippen LogP contribution >= 0.6 is 0 Å². The molecule has 1 aliphatic carbocycles. The molecule has 1 aromatic carbocycles. The molecule has 1 fully saturated rings. The highest BCUT2D eigenvalue weighted by molar-refractivity contribution is 5.78. The molecule has 7 nitrogen and oxygen atoms in total. The van der Waals surface area contributed by atoms with Crippen molar-refractivity contribution in [3.8, 4) is 12.1 Å². The van der Waals surface area contributed by atoms with Crippen LogP contribution in [0.4, 0.5) is 5.82 Å². The number of aryl methyl sites for hydroxylation is 1. The summed E-state index contributed by atoms with van der Waals surface area (Å²) >= 11 is 0. The van der Waals surface area contributed by atoms with Crippen molar-refractivity contribution >= 4 is 11.7 Å². The fourth-order valence-electron chi connectivity index (χ4n) is 2.95. The topological polar surface area (TPSA) is 102 Å². The third-order valence-electron chi connectivity index (χ3n) is 4.98. The Balaban J connectivity index is 0.000000245. The van der Waals surface area contributed by atoms with Crippen molar-refractivity contribution in [2.45, 2.75) is 32.3 Å². The van der Waals surface area contributed by atoms with Gasteiger partial charge in [-0.15, -0.1) is 0 Å². The molecule has 0 spiro atoms. The molecule has 1 saturated carbocycles. The predicted molar refractivity (Wildman–Crippen MR) is 119 cm³/mol. The van der Waals surface area contributed by atoms with E-state index in [0.717, 1.165) is 36.3 Å². The summed E-state index contributed by atoms with van der Waals surface area (Å²) in [5, 5.41) is 20.2. The summed E-state index contributed by atoms with van der Waals surface area (Å²) in [4.78, 5) is 17.5. The van der Waals surface area contributed by atoms with Gasteiger partial charge in [0.2, 0.25) is 5.91 Å². The maximum atomic E-state index is 11.4. The third kappa shape index (κ3) is 6.40. The molecule has 160 valence electrons. The van der Waals surface area contributed by atoms with Gasteiger partial charge in [-0.05, 0) is 56.7 Å². The molecule has 1 aromatic heterocycles. The summed E-state index contributed by atoms with van der Waals surface area (Å²) in [6.45, 7) is 8.32. The van der Waals surface area contributed by atoms with Crippen molar-refractivity contribution < 1.29 is 9.53 Å². The number of ether oxygens (including phenoxy) is 1. The number of aromatic nitrogens is 1. The quantitative estimate of drug-likeness (QED) is 0.739. The first-order valence-electron chi connectivity index (χ1n) is 10.0. The lowest BCUT2D eigenvalue weighted by atomic mass is 9.99. The molecule has 0 bridgehead atoms. The van der Waals surface area contributed by atoms with Crippen LogP contribution < -0.4 is 10.2 Å². The van der Waals surface area contributed by atoms with Crippen LogP contribution in [0.2, 0.25) is 0 Å². The van der Waals surface area contributed by atoms with E-state index in [1.807, 2.05) is 49.2 Å². The Labute approximate surface area is 183 Å². The van der Waals surface area contributed by atoms with E-state index in [1.54, 1.807) is 12.3 Å². The average Bonchev–Trinajstić information content (AvgIpc) is 3.58. The van der Waals surface area contributed by atoms with Crippen LogP contribution in [0.15, 0.2) is 49.3 Å². The second-order valence-corrected chi connectivity index (χ2v) is 7.25. The number of hydrogen-bond acceptors (Lipinski definition) is 6. The van der Waals surface area contributed by atoms with E-state index in [-0.39, 0.29) is 12.5 Å². The van der Waals surface area contributed by atoms with Gasteiger partial charge in [0, 0.05) is 25.4 Å². The minimum absolute atomic E-state index is 0.0231. The normalized spacial score (nSPS) is 12.9. The Hall–Kier alpha value is -3.68. The fraction of sp³-hybridized carbons (Fsp3) is 0.333. The van der Waals surface area contributed by atoms with Crippen molar-refractivity contribution in [2.24, 2.45) is 0 Å². The highest BCUT2D eigenvalue weighted by Crippen LogP contribution is 2.50. The van der Waals surface area contributed by atoms with Gasteiger partial charge in [-0.3, -0.25) is 4.79 Å². The number of carbonyl (C=O) groups is 1. The van der Waals surface area contributed by atoms with E-state index in [4.69, 9.17) is 10.00 Å². The van der Waals surface area contributed by atoms with Gasteiger partial charge in [0.25, 0.3) is 0 Å². The Morgan fingerprint density at radius 1 is 1.32 bits per heavy atom. The minimum Gasteiger partial charge on any atom is -0.360 e. The van der Waals surface area contributed by atoms with Crippen LogP contribution in [0.3, 0.4) is 0 Å². The van der Waals surface area contributed by atoms with Crippen LogP contribution in [0.25, 0.3) is 0 Å². The van der Waals surface area contributed by atoms with Crippen LogP contribution in [0.5, 0.6) is 0 Å². The maximum absolute atomic E-state index is 11.4. The molecule has 2 aromatic rings. The monoisotopic (exact) mass is 417 g/mol. The van der Waals surface area contributed by atoms with E-state index < -0.39 is 5.60 Å². The van der Waals surface area contributed by atoms with Gasteiger partial charge in [0.05, 0.1) is 22.8 Å². The van der Waals surface area contributed by atoms with Gasteiger partial charge >= 0.3 is 0 Å². The zero-order chi connectivity index (χ0) is 22.9. The van der Waals surface area contributed by atoms with Crippen molar-refractivity contribution in [3.05, 3.63) is 71.6 Å². The van der Waals surface area contributed by atoms with E-state index >= 15 is 0 Å². The van der Waals surface area contributed by atoms with E-state index in [2.05, 4.69) is 29.9 Å². The Kier molecular flexibility index (Phi) is 8.31. The molecule has 3 rings (SSSR count). The number of nitrogens with zero attached hydrogens (tertiary/aromatic N) is 4.